The zero-order chi connectivity index (χ0) is 13.7. The first kappa shape index (κ1) is 14.8. The molecule has 1 N–H and O–H groups in total. The van der Waals surface area contributed by atoms with Crippen LogP contribution in [0.15, 0.2) is 22.7 Å². The minimum atomic E-state index is 0.0402. The van der Waals surface area contributed by atoms with Gasteiger partial charge in [-0.05, 0) is 24.2 Å². The second-order valence-corrected chi connectivity index (χ2v) is 5.26. The molecule has 0 bridgehead atoms. The number of methoxy groups -OCH3 is 1. The molecule has 5 heteroatoms. The van der Waals surface area contributed by atoms with Crippen molar-refractivity contribution in [1.29, 1.82) is 0 Å². The summed E-state index contributed by atoms with van der Waals surface area (Å²) in [4.78, 5) is 0. The lowest BCUT2D eigenvalue weighted by molar-refractivity contribution is -0.102. The van der Waals surface area contributed by atoms with Crippen LogP contribution in [-0.4, -0.2) is 39.6 Å². The lowest BCUT2D eigenvalue weighted by Gasteiger charge is -2.31. The molecular formula is C14H20BrNO3. The number of benzene rings is 1. The molecule has 1 aromatic rings. The molecule has 2 unspecified atom stereocenters. The first-order valence-corrected chi connectivity index (χ1v) is 7.31. The van der Waals surface area contributed by atoms with Crippen LogP contribution in [-0.2, 0) is 9.47 Å². The molecule has 0 aromatic heterocycles. The van der Waals surface area contributed by atoms with Crippen molar-refractivity contribution in [3.8, 4) is 5.75 Å². The predicted octanol–water partition coefficient (Wildman–Crippen LogP) is 2.52. The normalized spacial score (nSPS) is 21.1. The average Bonchev–Trinajstić information content (AvgIpc) is 2.46. The Kier molecular flexibility index (Phi) is 5.63. The van der Waals surface area contributed by atoms with Gasteiger partial charge in [-0.1, -0.05) is 28.9 Å². The maximum atomic E-state index is 5.82. The highest BCUT2D eigenvalue weighted by atomic mass is 79.9. The summed E-state index contributed by atoms with van der Waals surface area (Å²) in [5.41, 5.74) is 1.16. The van der Waals surface area contributed by atoms with Crippen molar-refractivity contribution in [1.82, 2.24) is 5.32 Å². The second-order valence-electron chi connectivity index (χ2n) is 4.41. The van der Waals surface area contributed by atoms with Crippen molar-refractivity contribution in [2.24, 2.45) is 0 Å². The molecule has 106 valence electrons. The van der Waals surface area contributed by atoms with Gasteiger partial charge in [0.1, 0.15) is 11.9 Å². The van der Waals surface area contributed by atoms with E-state index in [-0.39, 0.29) is 12.1 Å². The quantitative estimate of drug-likeness (QED) is 0.901. The molecule has 1 aliphatic heterocycles. The number of rotatable bonds is 5. The number of nitrogens with one attached hydrogen (secondary N) is 1. The molecule has 1 aromatic carbocycles. The van der Waals surface area contributed by atoms with Gasteiger partial charge in [-0.2, -0.15) is 0 Å². The molecule has 0 radical (unpaired) electrons. The Balaban J connectivity index is 2.22. The fourth-order valence-electron chi connectivity index (χ4n) is 2.25. The van der Waals surface area contributed by atoms with Crippen LogP contribution in [0.25, 0.3) is 0 Å². The Hall–Kier alpha value is -0.620. The zero-order valence-corrected chi connectivity index (χ0v) is 12.9. The Labute approximate surface area is 122 Å². The van der Waals surface area contributed by atoms with Crippen LogP contribution < -0.4 is 10.1 Å². The standard InChI is InChI=1S/C14H20BrNO3/c1-3-16-14(13-9-18-6-7-19-13)11-5-4-10(17-2)8-12(11)15/h4-5,8,13-14,16H,3,6-7,9H2,1-2H3. The van der Waals surface area contributed by atoms with Crippen molar-refractivity contribution in [3.05, 3.63) is 28.2 Å². The van der Waals surface area contributed by atoms with Crippen LogP contribution in [0.5, 0.6) is 5.75 Å². The third kappa shape index (κ3) is 3.69. The molecule has 0 aliphatic carbocycles. The Morgan fingerprint density at radius 3 is 2.89 bits per heavy atom. The highest BCUT2D eigenvalue weighted by Crippen LogP contribution is 2.31. The minimum absolute atomic E-state index is 0.0402. The zero-order valence-electron chi connectivity index (χ0n) is 11.3. The molecule has 0 saturated carbocycles. The summed E-state index contributed by atoms with van der Waals surface area (Å²) in [6, 6.07) is 6.12. The molecule has 4 nitrogen and oxygen atoms in total. The van der Waals surface area contributed by atoms with Crippen molar-refractivity contribution < 1.29 is 14.2 Å². The van der Waals surface area contributed by atoms with Crippen LogP contribution in [0.3, 0.4) is 0 Å². The summed E-state index contributed by atoms with van der Waals surface area (Å²) in [6.45, 7) is 4.92. The van der Waals surface area contributed by atoms with Crippen molar-refractivity contribution in [3.63, 3.8) is 0 Å². The number of hydrogen-bond donors (Lipinski definition) is 1. The van der Waals surface area contributed by atoms with Crippen LogP contribution in [0.4, 0.5) is 0 Å². The second kappa shape index (κ2) is 7.24. The van der Waals surface area contributed by atoms with Gasteiger partial charge in [-0.25, -0.2) is 0 Å². The molecule has 2 atom stereocenters. The summed E-state index contributed by atoms with van der Waals surface area (Å²) >= 11 is 3.61. The van der Waals surface area contributed by atoms with Crippen molar-refractivity contribution in [2.45, 2.75) is 19.1 Å². The SMILES string of the molecule is CCNC(c1ccc(OC)cc1Br)C1COCCO1. The van der Waals surface area contributed by atoms with Crippen LogP contribution in [0.1, 0.15) is 18.5 Å². The molecule has 0 amide bonds. The first-order valence-electron chi connectivity index (χ1n) is 6.52. The van der Waals surface area contributed by atoms with Gasteiger partial charge in [0.2, 0.25) is 0 Å². The Morgan fingerprint density at radius 2 is 2.32 bits per heavy atom. The van der Waals surface area contributed by atoms with E-state index in [1.165, 1.54) is 0 Å². The lowest BCUT2D eigenvalue weighted by atomic mass is 10.0. The highest BCUT2D eigenvalue weighted by molar-refractivity contribution is 9.10. The summed E-state index contributed by atoms with van der Waals surface area (Å²) in [5.74, 6) is 0.840. The third-order valence-corrected chi connectivity index (χ3v) is 3.87. The number of hydrogen-bond acceptors (Lipinski definition) is 4. The molecule has 1 fully saturated rings. The summed E-state index contributed by atoms with van der Waals surface area (Å²) in [7, 11) is 1.67. The maximum absolute atomic E-state index is 5.82. The highest BCUT2D eigenvalue weighted by Gasteiger charge is 2.27. The van der Waals surface area contributed by atoms with Gasteiger partial charge in [-0.15, -0.1) is 0 Å². The molecule has 1 aliphatic rings. The van der Waals surface area contributed by atoms with Gasteiger partial charge in [0.25, 0.3) is 0 Å². The Bertz CT molecular complexity index is 408. The minimum Gasteiger partial charge on any atom is -0.497 e. The summed E-state index contributed by atoms with van der Waals surface area (Å²) in [5, 5.41) is 3.47. The molecule has 1 heterocycles. The van der Waals surface area contributed by atoms with E-state index in [2.05, 4.69) is 34.2 Å². The monoisotopic (exact) mass is 329 g/mol. The first-order chi connectivity index (χ1) is 9.26. The molecule has 1 saturated heterocycles. The lowest BCUT2D eigenvalue weighted by Crippen LogP contribution is -2.40. The van der Waals surface area contributed by atoms with E-state index in [4.69, 9.17) is 14.2 Å². The molecule has 19 heavy (non-hydrogen) atoms. The Morgan fingerprint density at radius 1 is 1.47 bits per heavy atom. The predicted molar refractivity (Wildman–Crippen MR) is 77.7 cm³/mol. The van der Waals surface area contributed by atoms with Gasteiger partial charge in [-0.3, -0.25) is 0 Å². The van der Waals surface area contributed by atoms with Crippen LogP contribution >= 0.6 is 15.9 Å². The van der Waals surface area contributed by atoms with Crippen LogP contribution in [0, 0.1) is 0 Å². The fourth-order valence-corrected chi connectivity index (χ4v) is 2.85. The maximum Gasteiger partial charge on any atom is 0.120 e. The largest absolute Gasteiger partial charge is 0.497 e. The smallest absolute Gasteiger partial charge is 0.120 e. The average molecular weight is 330 g/mol. The van der Waals surface area contributed by atoms with Gasteiger partial charge in [0.05, 0.1) is 33.0 Å². The fraction of sp³-hybridized carbons (Fsp3) is 0.571. The van der Waals surface area contributed by atoms with Gasteiger partial charge in [0, 0.05) is 4.47 Å². The summed E-state index contributed by atoms with van der Waals surface area (Å²) < 4.78 is 17.6. The van der Waals surface area contributed by atoms with Crippen LogP contribution in [0.2, 0.25) is 0 Å². The van der Waals surface area contributed by atoms with E-state index in [0.717, 1.165) is 22.3 Å². The van der Waals surface area contributed by atoms with Crippen molar-refractivity contribution in [2.75, 3.05) is 33.5 Å². The van der Waals surface area contributed by atoms with E-state index >= 15 is 0 Å². The topological polar surface area (TPSA) is 39.7 Å². The molecule has 0 spiro atoms. The van der Waals surface area contributed by atoms with Gasteiger partial charge < -0.3 is 19.5 Å². The van der Waals surface area contributed by atoms with E-state index in [9.17, 15) is 0 Å². The van der Waals surface area contributed by atoms with Crippen molar-refractivity contribution >= 4 is 15.9 Å². The van der Waals surface area contributed by atoms with E-state index in [0.29, 0.717) is 19.8 Å². The number of likely N-dealkylation sites (N-methyl/N-ethyl adjacent to an activating group) is 1. The van der Waals surface area contributed by atoms with E-state index < -0.39 is 0 Å². The van der Waals surface area contributed by atoms with E-state index in [1.54, 1.807) is 7.11 Å². The van der Waals surface area contributed by atoms with Gasteiger partial charge in [0.15, 0.2) is 0 Å². The van der Waals surface area contributed by atoms with Gasteiger partial charge >= 0.3 is 0 Å². The molecular weight excluding hydrogens is 310 g/mol. The molecule has 2 rings (SSSR count). The number of ether oxygens (including phenoxy) is 3. The summed E-state index contributed by atoms with van der Waals surface area (Å²) in [6.07, 6.45) is 0.0402. The third-order valence-electron chi connectivity index (χ3n) is 3.18. The van der Waals surface area contributed by atoms with E-state index in [1.807, 2.05) is 12.1 Å². The number of halogens is 1.